The molecule has 1 aliphatic rings. The van der Waals surface area contributed by atoms with Crippen LogP contribution in [0.2, 0.25) is 10.0 Å². The zero-order valence-corrected chi connectivity index (χ0v) is 23.6. The summed E-state index contributed by atoms with van der Waals surface area (Å²) in [6.07, 6.45) is 1.67. The molecule has 6 nitrogen and oxygen atoms in total. The molecular weight excluding hydrogens is 575 g/mol. The number of hydrogen-bond donors (Lipinski definition) is 0. The first-order chi connectivity index (χ1) is 18.7. The van der Waals surface area contributed by atoms with Crippen molar-refractivity contribution in [2.75, 3.05) is 4.90 Å². The first kappa shape index (κ1) is 27.0. The average Bonchev–Trinajstić information content (AvgIpc) is 3.20. The second-order valence-electron chi connectivity index (χ2n) is 8.52. The van der Waals surface area contributed by atoms with Gasteiger partial charge in [-0.25, -0.2) is 4.99 Å². The Kier molecular flexibility index (Phi) is 7.81. The highest BCUT2D eigenvalue weighted by Gasteiger charge is 2.34. The summed E-state index contributed by atoms with van der Waals surface area (Å²) in [5, 5.41) is 1.57. The number of benzene rings is 4. The number of amidine groups is 1. The van der Waals surface area contributed by atoms with Crippen LogP contribution in [0.3, 0.4) is 0 Å². The fourth-order valence-corrected chi connectivity index (χ4v) is 5.86. The summed E-state index contributed by atoms with van der Waals surface area (Å²) >= 11 is 13.3. The van der Waals surface area contributed by atoms with E-state index in [1.54, 1.807) is 91.0 Å². The minimum absolute atomic E-state index is 0.0556. The van der Waals surface area contributed by atoms with Crippen LogP contribution in [0.5, 0.6) is 5.75 Å². The summed E-state index contributed by atoms with van der Waals surface area (Å²) in [6, 6.07) is 26.8. The maximum absolute atomic E-state index is 13.6. The van der Waals surface area contributed by atoms with Gasteiger partial charge >= 0.3 is 10.1 Å². The quantitative estimate of drug-likeness (QED) is 0.168. The van der Waals surface area contributed by atoms with E-state index in [-0.39, 0.29) is 16.6 Å². The molecule has 196 valence electrons. The van der Waals surface area contributed by atoms with E-state index >= 15 is 0 Å². The van der Waals surface area contributed by atoms with Crippen molar-refractivity contribution in [2.24, 2.45) is 4.99 Å². The Bertz CT molecular complexity index is 1700. The maximum atomic E-state index is 13.6. The number of carbonyl (C=O) groups is 1. The number of aryl methyl sites for hydroxylation is 1. The number of aliphatic imine (C=N–C) groups is 1. The molecule has 4 aromatic rings. The first-order valence-corrected chi connectivity index (χ1v) is 14.6. The molecule has 1 heterocycles. The van der Waals surface area contributed by atoms with Gasteiger partial charge in [0.05, 0.1) is 16.3 Å². The van der Waals surface area contributed by atoms with Gasteiger partial charge < -0.3 is 4.18 Å². The highest BCUT2D eigenvalue weighted by atomic mass is 35.5. The molecule has 39 heavy (non-hydrogen) atoms. The van der Waals surface area contributed by atoms with Crippen molar-refractivity contribution in [1.29, 1.82) is 0 Å². The van der Waals surface area contributed by atoms with Crippen LogP contribution in [0.25, 0.3) is 6.08 Å². The third-order valence-corrected chi connectivity index (χ3v) is 8.35. The Hall–Kier alpha value is -3.56. The lowest BCUT2D eigenvalue weighted by Crippen LogP contribution is -2.28. The van der Waals surface area contributed by atoms with E-state index in [0.717, 1.165) is 5.56 Å². The third-order valence-electron chi connectivity index (χ3n) is 5.61. The molecule has 0 spiro atoms. The van der Waals surface area contributed by atoms with E-state index in [4.69, 9.17) is 27.4 Å². The molecule has 0 unspecified atom stereocenters. The second kappa shape index (κ2) is 11.3. The molecular formula is C29H20Cl2N2O4S2. The van der Waals surface area contributed by atoms with Crippen LogP contribution in [0, 0.1) is 6.92 Å². The third kappa shape index (κ3) is 6.37. The van der Waals surface area contributed by atoms with Gasteiger partial charge in [0.15, 0.2) is 5.17 Å². The summed E-state index contributed by atoms with van der Waals surface area (Å²) in [5.74, 6) is -0.154. The average molecular weight is 596 g/mol. The number of nitrogens with zero attached hydrogens (tertiary/aromatic N) is 2. The second-order valence-corrected chi connectivity index (χ2v) is 11.9. The van der Waals surface area contributed by atoms with E-state index in [9.17, 15) is 13.2 Å². The molecule has 0 radical (unpaired) electrons. The monoisotopic (exact) mass is 594 g/mol. The highest BCUT2D eigenvalue weighted by molar-refractivity contribution is 8.19. The minimum Gasteiger partial charge on any atom is -0.379 e. The summed E-state index contributed by atoms with van der Waals surface area (Å²) in [4.78, 5) is 20.2. The number of halogens is 2. The standard InChI is InChI=1S/C29H20Cl2N2O4S2/c1-19-5-15-26(16-6-19)39(35,36)37-25-4-2-3-20(17-25)18-27-28(34)33(24-13-9-22(31)10-14-24)29(38-27)32-23-11-7-21(30)8-12-23/h2-18H,1H3/b27-18-,32-29?. The van der Waals surface area contributed by atoms with E-state index in [1.165, 1.54) is 28.8 Å². The molecule has 0 bridgehead atoms. The number of amides is 1. The van der Waals surface area contributed by atoms with E-state index < -0.39 is 10.1 Å². The Morgan fingerprint density at radius 1 is 0.872 bits per heavy atom. The Labute approximate surface area is 240 Å². The SMILES string of the molecule is Cc1ccc(S(=O)(=O)Oc2cccc(/C=C3\SC(=Nc4ccc(Cl)cc4)N(c4ccc(Cl)cc4)C3=O)c2)cc1. The van der Waals surface area contributed by atoms with E-state index in [1.807, 2.05) is 6.92 Å². The number of anilines is 1. The van der Waals surface area contributed by atoms with Crippen molar-refractivity contribution in [1.82, 2.24) is 0 Å². The lowest BCUT2D eigenvalue weighted by atomic mass is 10.2. The molecule has 0 N–H and O–H groups in total. The number of hydrogen-bond acceptors (Lipinski definition) is 6. The van der Waals surface area contributed by atoms with Crippen LogP contribution in [0.1, 0.15) is 11.1 Å². The van der Waals surface area contributed by atoms with Crippen LogP contribution in [0.15, 0.2) is 112 Å². The molecule has 0 saturated carbocycles. The zero-order chi connectivity index (χ0) is 27.6. The molecule has 0 aromatic heterocycles. The van der Waals surface area contributed by atoms with Gasteiger partial charge in [-0.2, -0.15) is 8.42 Å². The van der Waals surface area contributed by atoms with Gasteiger partial charge in [0.25, 0.3) is 5.91 Å². The van der Waals surface area contributed by atoms with Crippen molar-refractivity contribution >= 4 is 73.6 Å². The zero-order valence-electron chi connectivity index (χ0n) is 20.4. The Balaban J connectivity index is 1.47. The van der Waals surface area contributed by atoms with Crippen molar-refractivity contribution in [3.05, 3.63) is 123 Å². The lowest BCUT2D eigenvalue weighted by molar-refractivity contribution is -0.113. The van der Waals surface area contributed by atoms with E-state index in [0.29, 0.717) is 37.1 Å². The number of thioether (sulfide) groups is 1. The van der Waals surface area contributed by atoms with Gasteiger partial charge in [0.1, 0.15) is 10.6 Å². The first-order valence-electron chi connectivity index (χ1n) is 11.6. The molecule has 5 rings (SSSR count). The Morgan fingerprint density at radius 3 is 2.18 bits per heavy atom. The largest absolute Gasteiger partial charge is 0.379 e. The highest BCUT2D eigenvalue weighted by Crippen LogP contribution is 2.38. The molecule has 0 aliphatic carbocycles. The molecule has 1 fully saturated rings. The summed E-state index contributed by atoms with van der Waals surface area (Å²) in [7, 11) is -4.02. The van der Waals surface area contributed by atoms with Gasteiger partial charge in [-0.15, -0.1) is 0 Å². The van der Waals surface area contributed by atoms with Gasteiger partial charge in [0, 0.05) is 10.0 Å². The molecule has 0 atom stereocenters. The van der Waals surface area contributed by atoms with Crippen LogP contribution in [-0.4, -0.2) is 19.5 Å². The van der Waals surface area contributed by atoms with Gasteiger partial charge in [-0.05, 0) is 103 Å². The molecule has 10 heteroatoms. The van der Waals surface area contributed by atoms with E-state index in [2.05, 4.69) is 4.99 Å². The summed E-state index contributed by atoms with van der Waals surface area (Å²) in [6.45, 7) is 1.87. The number of rotatable bonds is 6. The van der Waals surface area contributed by atoms with Crippen molar-refractivity contribution in [3.8, 4) is 5.75 Å². The predicted octanol–water partition coefficient (Wildman–Crippen LogP) is 7.88. The predicted molar refractivity (Wildman–Crippen MR) is 158 cm³/mol. The van der Waals surface area contributed by atoms with Crippen molar-refractivity contribution < 1.29 is 17.4 Å². The molecule has 1 amide bonds. The normalized spacial score (nSPS) is 15.8. The topological polar surface area (TPSA) is 76.0 Å². The van der Waals surface area contributed by atoms with Crippen LogP contribution in [0.4, 0.5) is 11.4 Å². The minimum atomic E-state index is -4.02. The van der Waals surface area contributed by atoms with Crippen molar-refractivity contribution in [2.45, 2.75) is 11.8 Å². The lowest BCUT2D eigenvalue weighted by Gasteiger charge is -2.15. The van der Waals surface area contributed by atoms with Crippen LogP contribution >= 0.6 is 35.0 Å². The molecule has 1 aliphatic heterocycles. The fourth-order valence-electron chi connectivity index (χ4n) is 3.68. The van der Waals surface area contributed by atoms with Crippen LogP contribution in [-0.2, 0) is 14.9 Å². The van der Waals surface area contributed by atoms with Crippen molar-refractivity contribution in [3.63, 3.8) is 0 Å². The van der Waals surface area contributed by atoms with Gasteiger partial charge in [0.2, 0.25) is 0 Å². The smallest absolute Gasteiger partial charge is 0.339 e. The summed E-state index contributed by atoms with van der Waals surface area (Å²) in [5.41, 5.74) is 2.76. The van der Waals surface area contributed by atoms with Crippen LogP contribution < -0.4 is 9.08 Å². The number of carbonyl (C=O) groups excluding carboxylic acids is 1. The summed E-state index contributed by atoms with van der Waals surface area (Å²) < 4.78 is 30.9. The molecule has 1 saturated heterocycles. The van der Waals surface area contributed by atoms with Gasteiger partial charge in [-0.1, -0.05) is 53.0 Å². The Morgan fingerprint density at radius 2 is 1.51 bits per heavy atom. The fraction of sp³-hybridized carbons (Fsp3) is 0.0345. The van der Waals surface area contributed by atoms with Gasteiger partial charge in [-0.3, -0.25) is 9.69 Å². The maximum Gasteiger partial charge on any atom is 0.339 e. The molecule has 4 aromatic carbocycles.